The third kappa shape index (κ3) is 3.30. The Hall–Kier alpha value is -1.92. The molecule has 7 nitrogen and oxygen atoms in total. The van der Waals surface area contributed by atoms with E-state index in [0.29, 0.717) is 12.5 Å². The first-order valence-corrected chi connectivity index (χ1v) is 6.57. The molecule has 1 heterocycles. The zero-order valence-electron chi connectivity index (χ0n) is 11.3. The van der Waals surface area contributed by atoms with Crippen LogP contribution in [0.1, 0.15) is 48.5 Å². The van der Waals surface area contributed by atoms with Crippen LogP contribution in [0.3, 0.4) is 0 Å². The lowest BCUT2D eigenvalue weighted by Gasteiger charge is -2.19. The lowest BCUT2D eigenvalue weighted by atomic mass is 10.3. The molecule has 0 aromatic carbocycles. The number of hydrogen-bond donors (Lipinski definition) is 2. The fraction of sp³-hybridized carbons (Fsp3) is 0.667. The van der Waals surface area contributed by atoms with Gasteiger partial charge in [0.1, 0.15) is 5.82 Å². The van der Waals surface area contributed by atoms with Crippen LogP contribution in [-0.4, -0.2) is 52.0 Å². The number of H-pyrrole nitrogens is 1. The van der Waals surface area contributed by atoms with Crippen molar-refractivity contribution in [3.05, 3.63) is 11.6 Å². The molecule has 1 aromatic rings. The number of likely N-dealkylation sites (N-methyl/N-ethyl adjacent to an activating group) is 1. The van der Waals surface area contributed by atoms with Gasteiger partial charge in [0.15, 0.2) is 0 Å². The molecular weight excluding hydrogens is 246 g/mol. The molecule has 1 fully saturated rings. The minimum atomic E-state index is -0.298. The van der Waals surface area contributed by atoms with Crippen molar-refractivity contribution in [2.24, 2.45) is 0 Å². The van der Waals surface area contributed by atoms with E-state index in [1.54, 1.807) is 7.05 Å². The third-order valence-electron chi connectivity index (χ3n) is 3.05. The summed E-state index contributed by atoms with van der Waals surface area (Å²) in [5, 5.41) is 9.27. The van der Waals surface area contributed by atoms with Gasteiger partial charge in [-0.1, -0.05) is 6.92 Å². The van der Waals surface area contributed by atoms with Gasteiger partial charge in [0.2, 0.25) is 11.7 Å². The van der Waals surface area contributed by atoms with Gasteiger partial charge in [-0.3, -0.25) is 14.7 Å². The van der Waals surface area contributed by atoms with Gasteiger partial charge in [-0.05, 0) is 19.3 Å². The first-order valence-electron chi connectivity index (χ1n) is 6.57. The number of carbonyl (C=O) groups is 2. The maximum absolute atomic E-state index is 12.2. The van der Waals surface area contributed by atoms with Gasteiger partial charge in [0.05, 0.1) is 6.54 Å². The Bertz CT molecular complexity index is 466. The molecule has 2 N–H and O–H groups in total. The summed E-state index contributed by atoms with van der Waals surface area (Å²) < 4.78 is 0. The summed E-state index contributed by atoms with van der Waals surface area (Å²) in [5.74, 6) is 0.861. The van der Waals surface area contributed by atoms with E-state index in [2.05, 4.69) is 20.5 Å². The van der Waals surface area contributed by atoms with Crippen LogP contribution >= 0.6 is 0 Å². The van der Waals surface area contributed by atoms with Gasteiger partial charge in [0, 0.05) is 19.5 Å². The van der Waals surface area contributed by atoms with Gasteiger partial charge >= 0.3 is 0 Å². The van der Waals surface area contributed by atoms with Crippen molar-refractivity contribution < 1.29 is 9.59 Å². The van der Waals surface area contributed by atoms with E-state index < -0.39 is 0 Å². The van der Waals surface area contributed by atoms with Gasteiger partial charge < -0.3 is 10.2 Å². The van der Waals surface area contributed by atoms with E-state index in [4.69, 9.17) is 0 Å². The van der Waals surface area contributed by atoms with Crippen LogP contribution in [0.2, 0.25) is 0 Å². The molecule has 2 amide bonds. The van der Waals surface area contributed by atoms with E-state index in [9.17, 15) is 9.59 Å². The molecule has 0 spiro atoms. The number of nitrogens with one attached hydrogen (secondary N) is 2. The highest BCUT2D eigenvalue weighted by Crippen LogP contribution is 2.37. The van der Waals surface area contributed by atoms with Crippen LogP contribution in [0.25, 0.3) is 0 Å². The number of amides is 2. The Morgan fingerprint density at radius 1 is 1.47 bits per heavy atom. The van der Waals surface area contributed by atoms with Crippen molar-refractivity contribution in [2.75, 3.05) is 20.1 Å². The second-order valence-electron chi connectivity index (χ2n) is 4.72. The van der Waals surface area contributed by atoms with Gasteiger partial charge in [0.25, 0.3) is 5.91 Å². The average molecular weight is 265 g/mol. The standard InChI is InChI=1S/C12H19N5O2/c1-3-6-17(7-9(18)13-2)12(19)11-14-10(15-16-11)8-4-5-8/h8H,3-7H2,1-2H3,(H,13,18)(H,14,15,16). The zero-order valence-corrected chi connectivity index (χ0v) is 11.3. The van der Waals surface area contributed by atoms with Crippen molar-refractivity contribution in [2.45, 2.75) is 32.1 Å². The van der Waals surface area contributed by atoms with Crippen molar-refractivity contribution in [1.29, 1.82) is 0 Å². The molecule has 0 unspecified atom stereocenters. The largest absolute Gasteiger partial charge is 0.358 e. The van der Waals surface area contributed by atoms with Gasteiger partial charge in [-0.25, -0.2) is 4.98 Å². The van der Waals surface area contributed by atoms with Crippen LogP contribution < -0.4 is 5.32 Å². The molecule has 0 atom stereocenters. The van der Waals surface area contributed by atoms with E-state index in [1.165, 1.54) is 4.90 Å². The molecule has 1 aromatic heterocycles. The summed E-state index contributed by atoms with van der Waals surface area (Å²) in [7, 11) is 1.55. The first-order chi connectivity index (χ1) is 9.15. The van der Waals surface area contributed by atoms with Crippen LogP contribution in [-0.2, 0) is 4.79 Å². The van der Waals surface area contributed by atoms with E-state index in [0.717, 1.165) is 25.1 Å². The number of aromatic amines is 1. The second-order valence-corrected chi connectivity index (χ2v) is 4.72. The third-order valence-corrected chi connectivity index (χ3v) is 3.05. The summed E-state index contributed by atoms with van der Waals surface area (Å²) in [6.07, 6.45) is 2.97. The number of hydrogen-bond acceptors (Lipinski definition) is 4. The van der Waals surface area contributed by atoms with Gasteiger partial charge in [-0.15, -0.1) is 5.10 Å². The molecule has 19 heavy (non-hydrogen) atoms. The summed E-state index contributed by atoms with van der Waals surface area (Å²) in [5.41, 5.74) is 0. The lowest BCUT2D eigenvalue weighted by molar-refractivity contribution is -0.121. The quantitative estimate of drug-likeness (QED) is 0.773. The minimum Gasteiger partial charge on any atom is -0.358 e. The summed E-state index contributed by atoms with van der Waals surface area (Å²) >= 11 is 0. The van der Waals surface area contributed by atoms with Crippen LogP contribution in [0.4, 0.5) is 0 Å². The number of carbonyl (C=O) groups excluding carboxylic acids is 2. The van der Waals surface area contributed by atoms with Crippen LogP contribution in [0.15, 0.2) is 0 Å². The topological polar surface area (TPSA) is 91.0 Å². The summed E-state index contributed by atoms with van der Waals surface area (Å²) in [6, 6.07) is 0. The second kappa shape index (κ2) is 5.81. The molecule has 0 aliphatic heterocycles. The maximum Gasteiger partial charge on any atom is 0.293 e. The molecule has 104 valence electrons. The van der Waals surface area contributed by atoms with Gasteiger partial charge in [-0.2, -0.15) is 0 Å². The smallest absolute Gasteiger partial charge is 0.293 e. The van der Waals surface area contributed by atoms with Crippen molar-refractivity contribution in [3.63, 3.8) is 0 Å². The fourth-order valence-corrected chi connectivity index (χ4v) is 1.83. The van der Waals surface area contributed by atoms with Crippen molar-refractivity contribution >= 4 is 11.8 Å². The number of rotatable bonds is 6. The molecule has 7 heteroatoms. The highest BCUT2D eigenvalue weighted by molar-refractivity contribution is 5.93. The lowest BCUT2D eigenvalue weighted by Crippen LogP contribution is -2.40. The normalized spacial score (nSPS) is 14.2. The molecule has 2 rings (SSSR count). The molecule has 1 saturated carbocycles. The Labute approximate surface area is 111 Å². The SMILES string of the molecule is CCCN(CC(=O)NC)C(=O)c1n[nH]c(C2CC2)n1. The van der Waals surface area contributed by atoms with E-state index in [-0.39, 0.29) is 24.2 Å². The molecular formula is C12H19N5O2. The fourth-order valence-electron chi connectivity index (χ4n) is 1.83. The van der Waals surface area contributed by atoms with Crippen LogP contribution in [0.5, 0.6) is 0 Å². The molecule has 0 saturated heterocycles. The zero-order chi connectivity index (χ0) is 13.8. The first kappa shape index (κ1) is 13.5. The number of aromatic nitrogens is 3. The van der Waals surface area contributed by atoms with E-state index in [1.807, 2.05) is 6.92 Å². The van der Waals surface area contributed by atoms with Crippen LogP contribution in [0, 0.1) is 0 Å². The van der Waals surface area contributed by atoms with E-state index >= 15 is 0 Å². The van der Waals surface area contributed by atoms with Crippen molar-refractivity contribution in [1.82, 2.24) is 25.4 Å². The highest BCUT2D eigenvalue weighted by Gasteiger charge is 2.29. The molecule has 0 radical (unpaired) electrons. The summed E-state index contributed by atoms with van der Waals surface area (Å²) in [4.78, 5) is 29.3. The predicted octanol–water partition coefficient (Wildman–Crippen LogP) is 0.280. The Kier molecular flexibility index (Phi) is 4.13. The molecule has 1 aliphatic rings. The molecule has 1 aliphatic carbocycles. The minimum absolute atomic E-state index is 0.0382. The van der Waals surface area contributed by atoms with Crippen molar-refractivity contribution in [3.8, 4) is 0 Å². The summed E-state index contributed by atoms with van der Waals surface area (Å²) in [6.45, 7) is 2.51. The highest BCUT2D eigenvalue weighted by atomic mass is 16.2. The Morgan fingerprint density at radius 3 is 2.79 bits per heavy atom. The maximum atomic E-state index is 12.2. The number of nitrogens with zero attached hydrogens (tertiary/aromatic N) is 3. The average Bonchev–Trinajstić information content (AvgIpc) is 3.15. The Morgan fingerprint density at radius 2 is 2.21 bits per heavy atom. The molecule has 0 bridgehead atoms. The predicted molar refractivity (Wildman–Crippen MR) is 68.6 cm³/mol. The Balaban J connectivity index is 2.05. The monoisotopic (exact) mass is 265 g/mol.